The molecule has 0 saturated carbocycles. The van der Waals surface area contributed by atoms with Gasteiger partial charge in [0.15, 0.2) is 28.4 Å². The molecule has 1 aromatic carbocycles. The van der Waals surface area contributed by atoms with E-state index in [4.69, 9.17) is 17.0 Å². The minimum absolute atomic E-state index is 0.0336. The fourth-order valence-electron chi connectivity index (χ4n) is 1.85. The summed E-state index contributed by atoms with van der Waals surface area (Å²) >= 11 is 4.82. The molecule has 1 aliphatic heterocycles. The van der Waals surface area contributed by atoms with Gasteiger partial charge < -0.3 is 15.4 Å². The third-order valence-corrected chi connectivity index (χ3v) is 3.11. The lowest BCUT2D eigenvalue weighted by atomic mass is 10.2. The molecule has 0 aromatic heterocycles. The molecule has 0 amide bonds. The van der Waals surface area contributed by atoms with Crippen molar-refractivity contribution in [2.24, 2.45) is 0 Å². The molecule has 0 bridgehead atoms. The van der Waals surface area contributed by atoms with Crippen LogP contribution in [0.4, 0.5) is 23.2 Å². The first-order chi connectivity index (χ1) is 9.49. The highest BCUT2D eigenvalue weighted by Gasteiger charge is 2.20. The smallest absolute Gasteiger partial charge is 0.185 e. The number of hydrogen-bond donors (Lipinski definition) is 2. The van der Waals surface area contributed by atoms with E-state index < -0.39 is 29.0 Å². The number of rotatable bonds is 3. The molecule has 1 aromatic rings. The zero-order valence-corrected chi connectivity index (χ0v) is 11.1. The first-order valence-electron chi connectivity index (χ1n) is 5.98. The van der Waals surface area contributed by atoms with E-state index in [1.165, 1.54) is 0 Å². The van der Waals surface area contributed by atoms with Gasteiger partial charge in [0, 0.05) is 19.2 Å². The Balaban J connectivity index is 2.00. The standard InChI is InChI=1S/C12H12F4N2OS/c13-7-4-8(14)10(16)11(9(7)15)18-12(20)17-5-6-2-1-3-19-6/h4,6H,1-3,5H2,(H2,17,18,20). The van der Waals surface area contributed by atoms with Gasteiger partial charge in [-0.3, -0.25) is 0 Å². The Morgan fingerprint density at radius 2 is 1.90 bits per heavy atom. The van der Waals surface area contributed by atoms with Crippen LogP contribution in [0.1, 0.15) is 12.8 Å². The Morgan fingerprint density at radius 3 is 2.45 bits per heavy atom. The number of benzene rings is 1. The van der Waals surface area contributed by atoms with Crippen LogP contribution >= 0.6 is 12.2 Å². The number of hydrogen-bond acceptors (Lipinski definition) is 2. The van der Waals surface area contributed by atoms with Crippen molar-refractivity contribution in [1.29, 1.82) is 0 Å². The second-order valence-electron chi connectivity index (χ2n) is 4.31. The van der Waals surface area contributed by atoms with Gasteiger partial charge in [0.05, 0.1) is 6.10 Å². The van der Waals surface area contributed by atoms with Gasteiger partial charge in [0.25, 0.3) is 0 Å². The van der Waals surface area contributed by atoms with Crippen LogP contribution in [0.2, 0.25) is 0 Å². The van der Waals surface area contributed by atoms with E-state index in [1.54, 1.807) is 0 Å². The van der Waals surface area contributed by atoms with Crippen LogP contribution in [-0.4, -0.2) is 24.4 Å². The summed E-state index contributed by atoms with van der Waals surface area (Å²) in [7, 11) is 0. The van der Waals surface area contributed by atoms with Gasteiger partial charge in [-0.05, 0) is 25.1 Å². The Morgan fingerprint density at radius 1 is 1.25 bits per heavy atom. The second kappa shape index (κ2) is 6.36. The molecule has 8 heteroatoms. The van der Waals surface area contributed by atoms with Crippen molar-refractivity contribution >= 4 is 23.0 Å². The van der Waals surface area contributed by atoms with Crippen molar-refractivity contribution in [2.75, 3.05) is 18.5 Å². The fourth-order valence-corrected chi connectivity index (χ4v) is 2.04. The first-order valence-corrected chi connectivity index (χ1v) is 6.39. The number of thiocarbonyl (C=S) groups is 1. The molecular formula is C12H12F4N2OS. The molecule has 1 fully saturated rings. The van der Waals surface area contributed by atoms with Crippen molar-refractivity contribution < 1.29 is 22.3 Å². The van der Waals surface area contributed by atoms with Gasteiger partial charge in [-0.1, -0.05) is 0 Å². The first kappa shape index (κ1) is 15.0. The van der Waals surface area contributed by atoms with Crippen LogP contribution in [0.3, 0.4) is 0 Å². The minimum Gasteiger partial charge on any atom is -0.376 e. The summed E-state index contributed by atoms with van der Waals surface area (Å²) in [6.07, 6.45) is 1.76. The van der Waals surface area contributed by atoms with Gasteiger partial charge in [0.2, 0.25) is 0 Å². The maximum absolute atomic E-state index is 13.4. The van der Waals surface area contributed by atoms with Gasteiger partial charge >= 0.3 is 0 Å². The maximum atomic E-state index is 13.4. The quantitative estimate of drug-likeness (QED) is 0.511. The predicted octanol–water partition coefficient (Wildman–Crippen LogP) is 2.71. The van der Waals surface area contributed by atoms with E-state index in [1.807, 2.05) is 0 Å². The fraction of sp³-hybridized carbons (Fsp3) is 0.417. The van der Waals surface area contributed by atoms with Crippen molar-refractivity contribution in [2.45, 2.75) is 18.9 Å². The highest BCUT2D eigenvalue weighted by atomic mass is 32.1. The Labute approximate surface area is 118 Å². The Bertz CT molecular complexity index is 494. The summed E-state index contributed by atoms with van der Waals surface area (Å²) in [5, 5.41) is 4.67. The molecule has 1 aliphatic rings. The highest BCUT2D eigenvalue weighted by Crippen LogP contribution is 2.24. The molecule has 3 nitrogen and oxygen atoms in total. The Hall–Kier alpha value is -1.41. The number of nitrogens with one attached hydrogen (secondary N) is 2. The molecule has 2 rings (SSSR count). The molecule has 1 saturated heterocycles. The molecule has 20 heavy (non-hydrogen) atoms. The monoisotopic (exact) mass is 308 g/mol. The van der Waals surface area contributed by atoms with Crippen LogP contribution in [0.15, 0.2) is 6.07 Å². The summed E-state index contributed by atoms with van der Waals surface area (Å²) < 4.78 is 58.1. The highest BCUT2D eigenvalue weighted by molar-refractivity contribution is 7.80. The lowest BCUT2D eigenvalue weighted by molar-refractivity contribution is 0.114. The van der Waals surface area contributed by atoms with E-state index in [9.17, 15) is 17.6 Å². The summed E-state index contributed by atoms with van der Waals surface area (Å²) in [4.78, 5) is 0. The van der Waals surface area contributed by atoms with Crippen LogP contribution in [0, 0.1) is 23.3 Å². The van der Waals surface area contributed by atoms with E-state index in [-0.39, 0.29) is 17.3 Å². The third-order valence-electron chi connectivity index (χ3n) is 2.86. The maximum Gasteiger partial charge on any atom is 0.185 e. The predicted molar refractivity (Wildman–Crippen MR) is 69.5 cm³/mol. The van der Waals surface area contributed by atoms with Gasteiger partial charge in [-0.25, -0.2) is 17.6 Å². The number of halogens is 4. The molecule has 0 spiro atoms. The Kier molecular flexibility index (Phi) is 4.77. The molecule has 1 atom stereocenters. The second-order valence-corrected chi connectivity index (χ2v) is 4.72. The molecule has 0 radical (unpaired) electrons. The van der Waals surface area contributed by atoms with Crippen LogP contribution < -0.4 is 10.6 Å². The van der Waals surface area contributed by atoms with Crippen LogP contribution in [-0.2, 0) is 4.74 Å². The van der Waals surface area contributed by atoms with Gasteiger partial charge in [0.1, 0.15) is 5.69 Å². The number of ether oxygens (including phenoxy) is 1. The molecule has 110 valence electrons. The summed E-state index contributed by atoms with van der Waals surface area (Å²) in [5.74, 6) is -6.03. The van der Waals surface area contributed by atoms with Crippen molar-refractivity contribution in [3.63, 3.8) is 0 Å². The largest absolute Gasteiger partial charge is 0.376 e. The molecular weight excluding hydrogens is 296 g/mol. The van der Waals surface area contributed by atoms with Crippen molar-refractivity contribution in [1.82, 2.24) is 5.32 Å². The van der Waals surface area contributed by atoms with Crippen LogP contribution in [0.5, 0.6) is 0 Å². The zero-order valence-electron chi connectivity index (χ0n) is 10.3. The molecule has 2 N–H and O–H groups in total. The van der Waals surface area contributed by atoms with E-state index >= 15 is 0 Å². The van der Waals surface area contributed by atoms with Crippen LogP contribution in [0.25, 0.3) is 0 Å². The van der Waals surface area contributed by atoms with E-state index in [0.717, 1.165) is 12.8 Å². The summed E-state index contributed by atoms with van der Waals surface area (Å²) in [5.41, 5.74) is -0.952. The molecule has 1 unspecified atom stereocenters. The summed E-state index contributed by atoms with van der Waals surface area (Å²) in [6, 6.07) is 0.138. The average Bonchev–Trinajstić information content (AvgIpc) is 2.92. The third kappa shape index (κ3) is 3.37. The van der Waals surface area contributed by atoms with Crippen molar-refractivity contribution in [3.05, 3.63) is 29.3 Å². The SMILES string of the molecule is Fc1cc(F)c(F)c(NC(=S)NCC2CCCO2)c1F. The van der Waals surface area contributed by atoms with Gasteiger partial charge in [-0.2, -0.15) is 0 Å². The zero-order chi connectivity index (χ0) is 14.7. The average molecular weight is 308 g/mol. The summed E-state index contributed by atoms with van der Waals surface area (Å²) in [6.45, 7) is 1.01. The van der Waals surface area contributed by atoms with Gasteiger partial charge in [-0.15, -0.1) is 0 Å². The normalized spacial score (nSPS) is 18.1. The van der Waals surface area contributed by atoms with E-state index in [2.05, 4.69) is 10.6 Å². The lowest BCUT2D eigenvalue weighted by Crippen LogP contribution is -2.35. The van der Waals surface area contributed by atoms with Crippen molar-refractivity contribution in [3.8, 4) is 0 Å². The molecule has 1 heterocycles. The lowest BCUT2D eigenvalue weighted by Gasteiger charge is -2.15. The number of anilines is 1. The minimum atomic E-state index is -1.52. The molecule has 0 aliphatic carbocycles. The topological polar surface area (TPSA) is 33.3 Å². The van der Waals surface area contributed by atoms with E-state index in [0.29, 0.717) is 13.2 Å².